The number of imide groups is 1. The normalized spacial score (nSPS) is 25.4. The lowest BCUT2D eigenvalue weighted by Gasteiger charge is -2.35. The van der Waals surface area contributed by atoms with Crippen molar-refractivity contribution in [1.82, 2.24) is 5.06 Å². The van der Waals surface area contributed by atoms with Crippen LogP contribution < -0.4 is 19.3 Å². The fraction of sp³-hybridized carbons (Fsp3) is 0.212. The summed E-state index contributed by atoms with van der Waals surface area (Å²) in [5.41, 5.74) is 2.41. The Morgan fingerprint density at radius 2 is 1.29 bits per heavy atom. The first-order chi connectivity index (χ1) is 20.1. The van der Waals surface area contributed by atoms with Gasteiger partial charge in [0.15, 0.2) is 6.10 Å². The van der Waals surface area contributed by atoms with E-state index in [1.54, 1.807) is 26.4 Å². The van der Waals surface area contributed by atoms with Gasteiger partial charge in [-0.1, -0.05) is 60.7 Å². The Morgan fingerprint density at radius 1 is 0.707 bits per heavy atom. The number of amides is 2. The number of para-hydroxylation sites is 1. The van der Waals surface area contributed by atoms with Crippen molar-refractivity contribution >= 4 is 23.2 Å². The first-order valence-corrected chi connectivity index (χ1v) is 13.6. The third kappa shape index (κ3) is 3.75. The van der Waals surface area contributed by atoms with Crippen molar-refractivity contribution in [2.75, 3.05) is 30.6 Å². The SMILES string of the molecule is COc1ccc([C@H]2N(c3ccc(OC)cc3)C[C@]3(c4ccccc4)[C@@H]4C(=O)N(c5ccccc5)C(=O)[C@@H]4ON23)cc1. The molecule has 2 amide bonds. The third-order valence-electron chi connectivity index (χ3n) is 8.42. The van der Waals surface area contributed by atoms with Crippen molar-refractivity contribution in [1.29, 1.82) is 0 Å². The van der Waals surface area contributed by atoms with Crippen LogP contribution >= 0.6 is 0 Å². The van der Waals surface area contributed by atoms with Gasteiger partial charge in [-0.3, -0.25) is 14.4 Å². The van der Waals surface area contributed by atoms with Crippen molar-refractivity contribution in [3.05, 3.63) is 120 Å². The molecule has 7 rings (SSSR count). The van der Waals surface area contributed by atoms with Gasteiger partial charge >= 0.3 is 0 Å². The van der Waals surface area contributed by atoms with Crippen molar-refractivity contribution in [3.63, 3.8) is 0 Å². The van der Waals surface area contributed by atoms with E-state index in [4.69, 9.17) is 14.3 Å². The molecule has 3 heterocycles. The summed E-state index contributed by atoms with van der Waals surface area (Å²) >= 11 is 0. The number of carbonyl (C=O) groups excluding carboxylic acids is 2. The van der Waals surface area contributed by atoms with E-state index in [2.05, 4.69) is 4.90 Å². The zero-order valence-corrected chi connectivity index (χ0v) is 22.7. The van der Waals surface area contributed by atoms with Gasteiger partial charge < -0.3 is 14.4 Å². The summed E-state index contributed by atoms with van der Waals surface area (Å²) in [5.74, 6) is 0.128. The van der Waals surface area contributed by atoms with Gasteiger partial charge in [-0.2, -0.15) is 0 Å². The van der Waals surface area contributed by atoms with E-state index in [-0.39, 0.29) is 11.8 Å². The summed E-state index contributed by atoms with van der Waals surface area (Å²) in [6, 6.07) is 34.7. The Kier molecular flexibility index (Phi) is 6.03. The van der Waals surface area contributed by atoms with Crippen molar-refractivity contribution in [2.24, 2.45) is 5.92 Å². The van der Waals surface area contributed by atoms with Crippen LogP contribution in [0.15, 0.2) is 109 Å². The number of carbonyl (C=O) groups is 2. The minimum absolute atomic E-state index is 0.261. The van der Waals surface area contributed by atoms with Gasteiger partial charge in [0, 0.05) is 12.2 Å². The summed E-state index contributed by atoms with van der Waals surface area (Å²) < 4.78 is 10.8. The smallest absolute Gasteiger partial charge is 0.265 e. The number of hydrogen-bond acceptors (Lipinski definition) is 7. The number of hydroxylamine groups is 2. The van der Waals surface area contributed by atoms with Gasteiger partial charge in [-0.15, -0.1) is 5.06 Å². The van der Waals surface area contributed by atoms with Gasteiger partial charge in [0.2, 0.25) is 5.91 Å². The molecule has 0 bridgehead atoms. The molecule has 3 aliphatic rings. The molecule has 4 atom stereocenters. The molecule has 4 aromatic carbocycles. The summed E-state index contributed by atoms with van der Waals surface area (Å²) in [6.45, 7) is 0.419. The second kappa shape index (κ2) is 9.76. The van der Waals surface area contributed by atoms with Crippen LogP contribution in [-0.2, 0) is 20.0 Å². The molecule has 0 unspecified atom stereocenters. The molecule has 4 aromatic rings. The highest BCUT2D eigenvalue weighted by Crippen LogP contribution is 2.59. The number of anilines is 2. The fourth-order valence-corrected chi connectivity index (χ4v) is 6.53. The van der Waals surface area contributed by atoms with Gasteiger partial charge in [-0.25, -0.2) is 4.90 Å². The maximum atomic E-state index is 14.3. The molecule has 0 aliphatic carbocycles. The highest BCUT2D eigenvalue weighted by Gasteiger charge is 2.72. The summed E-state index contributed by atoms with van der Waals surface area (Å²) in [5, 5.41) is 1.89. The number of rotatable bonds is 6. The maximum Gasteiger partial charge on any atom is 0.265 e. The van der Waals surface area contributed by atoms with Gasteiger partial charge in [0.1, 0.15) is 29.1 Å². The molecule has 8 heteroatoms. The zero-order chi connectivity index (χ0) is 28.1. The number of ether oxygens (including phenoxy) is 2. The monoisotopic (exact) mass is 547 g/mol. The Balaban J connectivity index is 1.40. The lowest BCUT2D eigenvalue weighted by molar-refractivity contribution is -0.198. The van der Waals surface area contributed by atoms with E-state index >= 15 is 0 Å². The number of methoxy groups -OCH3 is 2. The lowest BCUT2D eigenvalue weighted by Crippen LogP contribution is -2.48. The van der Waals surface area contributed by atoms with Crippen LogP contribution in [0.1, 0.15) is 17.3 Å². The van der Waals surface area contributed by atoms with E-state index in [0.717, 1.165) is 28.3 Å². The van der Waals surface area contributed by atoms with E-state index in [9.17, 15) is 9.59 Å². The van der Waals surface area contributed by atoms with Crippen LogP contribution in [-0.4, -0.2) is 43.7 Å². The predicted octanol–water partition coefficient (Wildman–Crippen LogP) is 4.92. The Bertz CT molecular complexity index is 1580. The topological polar surface area (TPSA) is 71.5 Å². The number of nitrogens with zero attached hydrogens (tertiary/aromatic N) is 3. The fourth-order valence-electron chi connectivity index (χ4n) is 6.53. The largest absolute Gasteiger partial charge is 0.497 e. The molecule has 206 valence electrons. The average molecular weight is 548 g/mol. The van der Waals surface area contributed by atoms with E-state index < -0.39 is 23.7 Å². The molecule has 3 saturated heterocycles. The summed E-state index contributed by atoms with van der Waals surface area (Å²) in [4.78, 5) is 38.3. The maximum absolute atomic E-state index is 14.3. The van der Waals surface area contributed by atoms with Gasteiger partial charge in [0.05, 0.1) is 19.9 Å². The molecule has 8 nitrogen and oxygen atoms in total. The van der Waals surface area contributed by atoms with Crippen molar-refractivity contribution in [2.45, 2.75) is 17.8 Å². The minimum atomic E-state index is -0.943. The standard InChI is InChI=1S/C33H29N3O5/c1-39-26-17-13-22(14-18-26)30-34(24-15-19-27(40-2)20-16-24)21-33(23-9-5-3-6-10-23)28-29(41-36(30)33)32(38)35(31(28)37)25-11-7-4-8-12-25/h3-20,28-30H,21H2,1-2H3/t28-,29+,30-,33-/m0/s1. The Morgan fingerprint density at radius 3 is 1.90 bits per heavy atom. The molecule has 3 aliphatic heterocycles. The quantitative estimate of drug-likeness (QED) is 0.317. The molecular weight excluding hydrogens is 518 g/mol. The van der Waals surface area contributed by atoms with Crippen LogP contribution in [0.25, 0.3) is 0 Å². The van der Waals surface area contributed by atoms with Gasteiger partial charge in [-0.05, 0) is 59.7 Å². The van der Waals surface area contributed by atoms with Crippen LogP contribution in [0.2, 0.25) is 0 Å². The first kappa shape index (κ1) is 25.3. The van der Waals surface area contributed by atoms with Gasteiger partial charge in [0.25, 0.3) is 5.91 Å². The average Bonchev–Trinajstić information content (AvgIpc) is 3.63. The van der Waals surface area contributed by atoms with E-state index in [1.807, 2.05) is 102 Å². The molecule has 41 heavy (non-hydrogen) atoms. The van der Waals surface area contributed by atoms with Crippen LogP contribution in [0.3, 0.4) is 0 Å². The second-order valence-electron chi connectivity index (χ2n) is 10.4. The minimum Gasteiger partial charge on any atom is -0.497 e. The van der Waals surface area contributed by atoms with Crippen LogP contribution in [0.5, 0.6) is 11.5 Å². The first-order valence-electron chi connectivity index (χ1n) is 13.6. The highest BCUT2D eigenvalue weighted by atomic mass is 16.7. The predicted molar refractivity (Wildman–Crippen MR) is 153 cm³/mol. The number of hydrogen-bond donors (Lipinski definition) is 0. The molecule has 0 saturated carbocycles. The second-order valence-corrected chi connectivity index (χ2v) is 10.4. The zero-order valence-electron chi connectivity index (χ0n) is 22.7. The molecular formula is C33H29N3O5. The lowest BCUT2D eigenvalue weighted by atomic mass is 9.77. The van der Waals surface area contributed by atoms with E-state index in [1.165, 1.54) is 4.90 Å². The molecule has 3 fully saturated rings. The molecule has 0 spiro atoms. The van der Waals surface area contributed by atoms with Crippen molar-refractivity contribution < 1.29 is 23.9 Å². The van der Waals surface area contributed by atoms with E-state index in [0.29, 0.717) is 12.2 Å². The number of fused-ring (bicyclic) bond motifs is 3. The van der Waals surface area contributed by atoms with Crippen LogP contribution in [0.4, 0.5) is 11.4 Å². The molecule has 0 aromatic heterocycles. The summed E-state index contributed by atoms with van der Waals surface area (Å²) in [7, 11) is 3.27. The third-order valence-corrected chi connectivity index (χ3v) is 8.42. The molecule has 0 radical (unpaired) electrons. The number of benzene rings is 4. The highest BCUT2D eigenvalue weighted by molar-refractivity contribution is 6.24. The Labute approximate surface area is 238 Å². The van der Waals surface area contributed by atoms with Crippen LogP contribution in [0, 0.1) is 5.92 Å². The van der Waals surface area contributed by atoms with Crippen molar-refractivity contribution in [3.8, 4) is 11.5 Å². The summed E-state index contributed by atoms with van der Waals surface area (Å²) in [6.07, 6.45) is -1.37. The Hall–Kier alpha value is -4.66. The molecule has 0 N–H and O–H groups in total.